The average molecular weight is 330 g/mol. The summed E-state index contributed by atoms with van der Waals surface area (Å²) in [6, 6.07) is 7.09. The van der Waals surface area contributed by atoms with Gasteiger partial charge in [0, 0.05) is 12.7 Å². The van der Waals surface area contributed by atoms with Crippen LogP contribution < -0.4 is 20.3 Å². The molecule has 0 bridgehead atoms. The minimum absolute atomic E-state index is 0.0731. The summed E-state index contributed by atoms with van der Waals surface area (Å²) in [5, 5.41) is 4.17. The van der Waals surface area contributed by atoms with Gasteiger partial charge < -0.3 is 9.47 Å². The number of rotatable bonds is 2. The van der Waals surface area contributed by atoms with Crippen molar-refractivity contribution in [1.82, 2.24) is 20.6 Å². The van der Waals surface area contributed by atoms with Crippen LogP contribution in [0.15, 0.2) is 24.3 Å². The molecule has 0 saturated carbocycles. The highest BCUT2D eigenvalue weighted by Gasteiger charge is 2.28. The number of ether oxygens (including phenoxy) is 2. The first-order chi connectivity index (χ1) is 11.5. The Kier molecular flexibility index (Phi) is 4.11. The van der Waals surface area contributed by atoms with Crippen LogP contribution in [-0.2, 0) is 11.8 Å². The predicted octanol–water partition coefficient (Wildman–Crippen LogP) is 0.638. The number of amides is 2. The molecular weight excluding hydrogens is 312 g/mol. The molecule has 0 aliphatic carbocycles. The topological polar surface area (TPSA) is 94.5 Å². The lowest BCUT2D eigenvalue weighted by atomic mass is 10.2. The van der Waals surface area contributed by atoms with E-state index in [9.17, 15) is 9.59 Å². The molecule has 24 heavy (non-hydrogen) atoms. The van der Waals surface area contributed by atoms with Crippen LogP contribution in [0.5, 0.6) is 11.5 Å². The highest BCUT2D eigenvalue weighted by atomic mass is 16.6. The first kappa shape index (κ1) is 15.9. The number of carbonyl (C=O) groups is 2. The number of hydrogen-bond acceptors (Lipinski definition) is 5. The number of fused-ring (bicyclic) bond motifs is 1. The number of benzene rings is 1. The van der Waals surface area contributed by atoms with E-state index in [1.807, 2.05) is 6.07 Å². The zero-order valence-electron chi connectivity index (χ0n) is 13.6. The number of nitrogens with zero attached hydrogens (tertiary/aromatic N) is 2. The van der Waals surface area contributed by atoms with Crippen molar-refractivity contribution in [2.75, 3.05) is 6.61 Å². The van der Waals surface area contributed by atoms with Crippen LogP contribution in [0.3, 0.4) is 0 Å². The lowest BCUT2D eigenvalue weighted by molar-refractivity contribution is -0.131. The van der Waals surface area contributed by atoms with E-state index in [1.54, 1.807) is 43.8 Å². The molecule has 1 aromatic heterocycles. The maximum absolute atomic E-state index is 12.2. The Morgan fingerprint density at radius 3 is 2.58 bits per heavy atom. The highest BCUT2D eigenvalue weighted by Crippen LogP contribution is 2.30. The normalized spacial score (nSPS) is 15.7. The number of para-hydroxylation sites is 2. The van der Waals surface area contributed by atoms with Crippen LogP contribution in [0, 0.1) is 13.8 Å². The zero-order chi connectivity index (χ0) is 17.3. The molecule has 1 aliphatic rings. The van der Waals surface area contributed by atoms with Gasteiger partial charge in [0.1, 0.15) is 6.61 Å². The predicted molar refractivity (Wildman–Crippen MR) is 84.6 cm³/mol. The first-order valence-electron chi connectivity index (χ1n) is 7.46. The number of aromatic nitrogens is 2. The second kappa shape index (κ2) is 6.23. The molecule has 1 aromatic carbocycles. The molecule has 2 amide bonds. The van der Waals surface area contributed by atoms with Gasteiger partial charge in [0.05, 0.1) is 11.3 Å². The summed E-state index contributed by atoms with van der Waals surface area (Å²) in [6.45, 7) is 3.59. The van der Waals surface area contributed by atoms with Gasteiger partial charge in [-0.05, 0) is 26.0 Å². The van der Waals surface area contributed by atoms with Crippen molar-refractivity contribution in [2.24, 2.45) is 7.05 Å². The Bertz CT molecular complexity index is 799. The molecule has 2 N–H and O–H groups in total. The number of nitrogens with one attached hydrogen (secondary N) is 2. The Balaban J connectivity index is 1.61. The largest absolute Gasteiger partial charge is 0.485 e. The van der Waals surface area contributed by atoms with Crippen molar-refractivity contribution in [3.8, 4) is 11.5 Å². The fourth-order valence-corrected chi connectivity index (χ4v) is 2.51. The van der Waals surface area contributed by atoms with Gasteiger partial charge in [-0.15, -0.1) is 0 Å². The molecule has 8 nitrogen and oxygen atoms in total. The molecule has 3 rings (SSSR count). The maximum Gasteiger partial charge on any atom is 0.283 e. The SMILES string of the molecule is Cc1nn(C)c(C)c1C(=O)NNC(=O)C1COc2ccccc2O1. The minimum atomic E-state index is -0.837. The van der Waals surface area contributed by atoms with Gasteiger partial charge >= 0.3 is 0 Å². The Hall–Kier alpha value is -3.03. The third-order valence-electron chi connectivity index (χ3n) is 3.84. The third kappa shape index (κ3) is 2.90. The molecule has 2 heterocycles. The molecule has 1 aliphatic heterocycles. The van der Waals surface area contributed by atoms with Crippen LogP contribution in [0.1, 0.15) is 21.7 Å². The lowest BCUT2D eigenvalue weighted by Crippen LogP contribution is -2.51. The Morgan fingerprint density at radius 1 is 1.21 bits per heavy atom. The van der Waals surface area contributed by atoms with Gasteiger partial charge in [0.25, 0.3) is 11.8 Å². The van der Waals surface area contributed by atoms with E-state index in [0.717, 1.165) is 0 Å². The molecule has 2 aromatic rings. The van der Waals surface area contributed by atoms with E-state index in [1.165, 1.54) is 0 Å². The first-order valence-corrected chi connectivity index (χ1v) is 7.46. The van der Waals surface area contributed by atoms with Gasteiger partial charge in [0.15, 0.2) is 11.5 Å². The summed E-state index contributed by atoms with van der Waals surface area (Å²) in [7, 11) is 1.75. The second-order valence-electron chi connectivity index (χ2n) is 5.48. The van der Waals surface area contributed by atoms with Crippen LogP contribution in [0.4, 0.5) is 0 Å². The van der Waals surface area contributed by atoms with E-state index in [0.29, 0.717) is 28.5 Å². The van der Waals surface area contributed by atoms with Crippen molar-refractivity contribution in [1.29, 1.82) is 0 Å². The maximum atomic E-state index is 12.2. The highest BCUT2D eigenvalue weighted by molar-refractivity contribution is 5.97. The fraction of sp³-hybridized carbons (Fsp3) is 0.312. The summed E-state index contributed by atoms with van der Waals surface area (Å²) in [6.07, 6.45) is -0.837. The number of hydrogen-bond donors (Lipinski definition) is 2. The standard InChI is InChI=1S/C16H18N4O4/c1-9-14(10(2)20(3)19-9)16(22)18-17-15(21)13-8-23-11-6-4-5-7-12(11)24-13/h4-7,13H,8H2,1-3H3,(H,17,21)(H,18,22). The molecule has 1 unspecified atom stereocenters. The average Bonchev–Trinajstić information content (AvgIpc) is 2.84. The molecule has 0 saturated heterocycles. The van der Waals surface area contributed by atoms with Gasteiger partial charge in [-0.3, -0.25) is 25.1 Å². The molecule has 1 atom stereocenters. The third-order valence-corrected chi connectivity index (χ3v) is 3.84. The number of aryl methyl sites for hydroxylation is 2. The molecule has 8 heteroatoms. The monoisotopic (exact) mass is 330 g/mol. The van der Waals surface area contributed by atoms with E-state index >= 15 is 0 Å². The summed E-state index contributed by atoms with van der Waals surface area (Å²) < 4.78 is 12.7. The van der Waals surface area contributed by atoms with Gasteiger partial charge in [0.2, 0.25) is 6.10 Å². The van der Waals surface area contributed by atoms with Crippen molar-refractivity contribution in [3.63, 3.8) is 0 Å². The number of carbonyl (C=O) groups excluding carboxylic acids is 2. The van der Waals surface area contributed by atoms with Crippen LogP contribution in [0.2, 0.25) is 0 Å². The molecular formula is C16H18N4O4. The molecule has 0 radical (unpaired) electrons. The lowest BCUT2D eigenvalue weighted by Gasteiger charge is -2.25. The second-order valence-corrected chi connectivity index (χ2v) is 5.48. The minimum Gasteiger partial charge on any atom is -0.485 e. The summed E-state index contributed by atoms with van der Waals surface area (Å²) >= 11 is 0. The summed E-state index contributed by atoms with van der Waals surface area (Å²) in [5.41, 5.74) is 6.49. The van der Waals surface area contributed by atoms with E-state index in [4.69, 9.17) is 9.47 Å². The van der Waals surface area contributed by atoms with Crippen LogP contribution >= 0.6 is 0 Å². The van der Waals surface area contributed by atoms with Gasteiger partial charge in [-0.2, -0.15) is 5.10 Å². The van der Waals surface area contributed by atoms with Crippen molar-refractivity contribution in [3.05, 3.63) is 41.2 Å². The van der Waals surface area contributed by atoms with Crippen molar-refractivity contribution < 1.29 is 19.1 Å². The van der Waals surface area contributed by atoms with E-state index in [-0.39, 0.29) is 6.61 Å². The fourth-order valence-electron chi connectivity index (χ4n) is 2.51. The Morgan fingerprint density at radius 2 is 1.92 bits per heavy atom. The van der Waals surface area contributed by atoms with E-state index in [2.05, 4.69) is 16.0 Å². The molecule has 0 fully saturated rings. The summed E-state index contributed by atoms with van der Waals surface area (Å²) in [5.74, 6) is 0.169. The van der Waals surface area contributed by atoms with Crippen LogP contribution in [-0.4, -0.2) is 34.3 Å². The molecule has 0 spiro atoms. The number of hydrazine groups is 1. The van der Waals surface area contributed by atoms with Crippen molar-refractivity contribution >= 4 is 11.8 Å². The van der Waals surface area contributed by atoms with E-state index < -0.39 is 17.9 Å². The summed E-state index contributed by atoms with van der Waals surface area (Å²) in [4.78, 5) is 24.4. The van der Waals surface area contributed by atoms with Gasteiger partial charge in [-0.25, -0.2) is 0 Å². The van der Waals surface area contributed by atoms with Crippen molar-refractivity contribution in [2.45, 2.75) is 20.0 Å². The Labute approximate surface area is 138 Å². The zero-order valence-corrected chi connectivity index (χ0v) is 13.6. The molecule has 126 valence electrons. The van der Waals surface area contributed by atoms with Gasteiger partial charge in [-0.1, -0.05) is 12.1 Å². The smallest absolute Gasteiger partial charge is 0.283 e. The quantitative estimate of drug-likeness (QED) is 0.788. The van der Waals surface area contributed by atoms with Crippen LogP contribution in [0.25, 0.3) is 0 Å².